The van der Waals surface area contributed by atoms with Crippen molar-refractivity contribution in [2.75, 3.05) is 43.4 Å². The molecule has 2 aromatic rings. The molecule has 4 rings (SSSR count). The number of benzene rings is 1. The fourth-order valence-corrected chi connectivity index (χ4v) is 6.76. The lowest BCUT2D eigenvalue weighted by atomic mass is 10.0. The number of amides is 2. The molecule has 0 radical (unpaired) electrons. The lowest BCUT2D eigenvalue weighted by Gasteiger charge is -2.37. The van der Waals surface area contributed by atoms with Crippen LogP contribution in [0.15, 0.2) is 42.7 Å². The first-order valence-electron chi connectivity index (χ1n) is 13.9. The van der Waals surface area contributed by atoms with E-state index >= 15 is 0 Å². The molecule has 11 nitrogen and oxygen atoms in total. The van der Waals surface area contributed by atoms with E-state index in [4.69, 9.17) is 20.3 Å². The molecule has 0 saturated carbocycles. The Labute approximate surface area is 256 Å². The van der Waals surface area contributed by atoms with E-state index in [1.54, 1.807) is 31.9 Å². The van der Waals surface area contributed by atoms with Crippen LogP contribution in [0.4, 0.5) is 15.3 Å². The average Bonchev–Trinajstić information content (AvgIpc) is 3.33. The van der Waals surface area contributed by atoms with Crippen LogP contribution in [0.5, 0.6) is 0 Å². The zero-order chi connectivity index (χ0) is 31.1. The minimum atomic E-state index is -0.877. The molecule has 13 heteroatoms. The van der Waals surface area contributed by atoms with Gasteiger partial charge in [0.15, 0.2) is 0 Å². The van der Waals surface area contributed by atoms with E-state index in [1.165, 1.54) is 16.7 Å². The quantitative estimate of drug-likeness (QED) is 0.488. The van der Waals surface area contributed by atoms with Crippen molar-refractivity contribution in [1.82, 2.24) is 19.6 Å². The van der Waals surface area contributed by atoms with Gasteiger partial charge in [-0.2, -0.15) is 16.9 Å². The molecule has 1 aromatic heterocycles. The molecule has 42 heavy (non-hydrogen) atoms. The van der Waals surface area contributed by atoms with Crippen molar-refractivity contribution < 1.29 is 29.0 Å². The molecule has 2 aliphatic heterocycles. The molecule has 3 atom stereocenters. The number of nitrogens with two attached hydrogens (primary N) is 1. The van der Waals surface area contributed by atoms with Gasteiger partial charge in [-0.1, -0.05) is 30.3 Å². The summed E-state index contributed by atoms with van der Waals surface area (Å²) < 4.78 is 12.6. The maximum atomic E-state index is 12.5. The number of carboxylic acids is 1. The Hall–Kier alpha value is -3.06. The molecule has 0 aliphatic carbocycles. The maximum absolute atomic E-state index is 12.5. The van der Waals surface area contributed by atoms with Gasteiger partial charge in [0.25, 0.3) is 0 Å². The molecule has 0 bridgehead atoms. The summed E-state index contributed by atoms with van der Waals surface area (Å²) >= 11 is 3.22. The first-order valence-corrected chi connectivity index (χ1v) is 16.0. The van der Waals surface area contributed by atoms with Gasteiger partial charge >= 0.3 is 18.2 Å². The molecular formula is C29H43N5O6S2. The van der Waals surface area contributed by atoms with E-state index in [0.29, 0.717) is 31.1 Å². The van der Waals surface area contributed by atoms with Crippen LogP contribution in [0.1, 0.15) is 53.1 Å². The highest BCUT2D eigenvalue weighted by Gasteiger charge is 2.34. The largest absolute Gasteiger partial charge is 0.480 e. The third-order valence-corrected chi connectivity index (χ3v) is 8.56. The minimum absolute atomic E-state index is 0.00346. The molecular weight excluding hydrogens is 578 g/mol. The number of aromatic nitrogens is 2. The third kappa shape index (κ3) is 10.3. The summed E-state index contributed by atoms with van der Waals surface area (Å²) in [5.74, 6) is 0.624. The summed E-state index contributed by atoms with van der Waals surface area (Å²) in [4.78, 5) is 38.3. The Morgan fingerprint density at radius 1 is 0.929 bits per heavy atom. The second kappa shape index (κ2) is 14.4. The molecule has 3 N–H and O–H groups in total. The highest BCUT2D eigenvalue weighted by Crippen LogP contribution is 2.34. The summed E-state index contributed by atoms with van der Waals surface area (Å²) in [6, 6.07) is 10.2. The number of thioether (sulfide) groups is 2. The van der Waals surface area contributed by atoms with Crippen LogP contribution in [0.2, 0.25) is 0 Å². The topological polar surface area (TPSA) is 140 Å². The van der Waals surface area contributed by atoms with E-state index in [-0.39, 0.29) is 23.9 Å². The van der Waals surface area contributed by atoms with Crippen molar-refractivity contribution in [3.63, 3.8) is 0 Å². The number of carboxylic acid groups (broad SMARTS) is 1. The molecule has 3 heterocycles. The number of aliphatic carboxylic acids is 1. The van der Waals surface area contributed by atoms with Crippen LogP contribution in [-0.4, -0.2) is 102 Å². The van der Waals surface area contributed by atoms with Gasteiger partial charge in [0.05, 0.1) is 17.9 Å². The number of ether oxygens (including phenoxy) is 2. The van der Waals surface area contributed by atoms with Gasteiger partial charge in [-0.3, -0.25) is 9.48 Å². The minimum Gasteiger partial charge on any atom is -0.480 e. The van der Waals surface area contributed by atoms with Crippen molar-refractivity contribution in [2.24, 2.45) is 0 Å². The van der Waals surface area contributed by atoms with E-state index in [9.17, 15) is 14.4 Å². The van der Waals surface area contributed by atoms with Crippen molar-refractivity contribution in [2.45, 2.75) is 69.3 Å². The number of nitrogens with zero attached hydrogens (tertiary/aromatic N) is 4. The highest BCUT2D eigenvalue weighted by molar-refractivity contribution is 8.00. The van der Waals surface area contributed by atoms with E-state index in [1.807, 2.05) is 61.6 Å². The van der Waals surface area contributed by atoms with E-state index in [2.05, 4.69) is 17.2 Å². The van der Waals surface area contributed by atoms with Crippen LogP contribution < -0.4 is 5.73 Å². The van der Waals surface area contributed by atoms with E-state index < -0.39 is 28.5 Å². The van der Waals surface area contributed by atoms with Gasteiger partial charge in [0.2, 0.25) is 0 Å². The molecule has 2 aliphatic rings. The third-order valence-electron chi connectivity index (χ3n) is 6.14. The summed E-state index contributed by atoms with van der Waals surface area (Å²) in [5.41, 5.74) is 6.65. The van der Waals surface area contributed by atoms with Crippen LogP contribution >= 0.6 is 23.5 Å². The SMILES string of the molecule is CC(C)(C)OC(=O)N1CCSC(C(=O)O)C1.CC(C)(C)OC(=O)N1CCSC(C(c2ccccc2)n2cc(N)cn2)C1. The predicted octanol–water partition coefficient (Wildman–Crippen LogP) is 4.83. The second-order valence-electron chi connectivity index (χ2n) is 12.1. The van der Waals surface area contributed by atoms with Crippen molar-refractivity contribution in [1.29, 1.82) is 0 Å². The molecule has 0 spiro atoms. The summed E-state index contributed by atoms with van der Waals surface area (Å²) in [7, 11) is 0. The Bertz CT molecular complexity index is 1200. The van der Waals surface area contributed by atoms with Crippen molar-refractivity contribution >= 4 is 47.4 Å². The van der Waals surface area contributed by atoms with Crippen molar-refractivity contribution in [3.8, 4) is 0 Å². The lowest BCUT2D eigenvalue weighted by molar-refractivity contribution is -0.136. The van der Waals surface area contributed by atoms with Crippen LogP contribution in [0.25, 0.3) is 0 Å². The number of hydrogen-bond acceptors (Lipinski definition) is 9. The number of hydrogen-bond donors (Lipinski definition) is 2. The Kier molecular flexibility index (Phi) is 11.5. The van der Waals surface area contributed by atoms with Gasteiger partial charge in [0.1, 0.15) is 16.5 Å². The number of anilines is 1. The van der Waals surface area contributed by atoms with Crippen LogP contribution in [0.3, 0.4) is 0 Å². The van der Waals surface area contributed by atoms with Gasteiger partial charge in [-0.15, -0.1) is 11.8 Å². The molecule has 2 saturated heterocycles. The molecule has 2 fully saturated rings. The summed E-state index contributed by atoms with van der Waals surface area (Å²) in [5, 5.41) is 12.9. The van der Waals surface area contributed by atoms with Gasteiger partial charge in [-0.05, 0) is 47.1 Å². The van der Waals surface area contributed by atoms with Gasteiger partial charge < -0.3 is 30.1 Å². The van der Waals surface area contributed by atoms with Crippen LogP contribution in [-0.2, 0) is 14.3 Å². The van der Waals surface area contributed by atoms with Crippen LogP contribution in [0, 0.1) is 0 Å². The Morgan fingerprint density at radius 2 is 1.48 bits per heavy atom. The second-order valence-corrected chi connectivity index (χ2v) is 14.7. The number of rotatable bonds is 4. The van der Waals surface area contributed by atoms with Gasteiger partial charge in [-0.25, -0.2) is 9.59 Å². The van der Waals surface area contributed by atoms with Gasteiger partial charge in [0, 0.05) is 49.1 Å². The summed E-state index contributed by atoms with van der Waals surface area (Å²) in [6.07, 6.45) is 2.83. The fourth-order valence-electron chi connectivity index (χ4n) is 4.34. The molecule has 3 unspecified atom stereocenters. The maximum Gasteiger partial charge on any atom is 0.410 e. The number of carbonyl (C=O) groups is 3. The first-order chi connectivity index (χ1) is 19.6. The zero-order valence-electron chi connectivity index (χ0n) is 25.2. The Morgan fingerprint density at radius 3 is 1.98 bits per heavy atom. The van der Waals surface area contributed by atoms with Crippen molar-refractivity contribution in [3.05, 3.63) is 48.3 Å². The lowest BCUT2D eigenvalue weighted by Crippen LogP contribution is -2.46. The Balaban J connectivity index is 0.000000260. The monoisotopic (exact) mass is 621 g/mol. The molecule has 2 amide bonds. The normalized spacial score (nSPS) is 20.1. The van der Waals surface area contributed by atoms with E-state index in [0.717, 1.165) is 11.3 Å². The highest BCUT2D eigenvalue weighted by atomic mass is 32.2. The first kappa shape index (κ1) is 33.4. The standard InChI is InChI=1S/C19H26N4O2S.C10H17NO4S/c1-19(2,3)25-18(24)22-9-10-26-16(13-22)17(14-7-5-4-6-8-14)23-12-15(20)11-21-23;1-10(2,3)15-9(14)11-4-5-16-7(6-11)8(12)13/h4-8,11-12,16-17H,9-10,13,20H2,1-3H3;7H,4-6H2,1-3H3,(H,12,13). The zero-order valence-corrected chi connectivity index (χ0v) is 26.8. The summed E-state index contributed by atoms with van der Waals surface area (Å²) in [6.45, 7) is 13.1. The molecule has 1 aromatic carbocycles. The fraction of sp³-hybridized carbons (Fsp3) is 0.586. The number of nitrogen functional groups attached to an aromatic ring is 1. The average molecular weight is 622 g/mol. The number of carbonyl (C=O) groups excluding carboxylic acids is 2. The predicted molar refractivity (Wildman–Crippen MR) is 167 cm³/mol. The smallest absolute Gasteiger partial charge is 0.410 e. The molecule has 232 valence electrons.